The van der Waals surface area contributed by atoms with Crippen molar-refractivity contribution in [2.75, 3.05) is 25.5 Å². The van der Waals surface area contributed by atoms with Crippen LogP contribution in [0.25, 0.3) is 0 Å². The monoisotopic (exact) mass is 452 g/mol. The van der Waals surface area contributed by atoms with E-state index in [0.717, 1.165) is 38.0 Å². The van der Waals surface area contributed by atoms with Crippen molar-refractivity contribution in [3.8, 4) is 0 Å². The van der Waals surface area contributed by atoms with E-state index >= 15 is 0 Å². The Morgan fingerprint density at radius 3 is 2.96 bits per heavy atom. The van der Waals surface area contributed by atoms with E-state index < -0.39 is 4.87 Å². The molecule has 0 radical (unpaired) electrons. The van der Waals surface area contributed by atoms with Gasteiger partial charge in [-0.15, -0.1) is 11.6 Å². The Bertz CT molecular complexity index is 806. The van der Waals surface area contributed by atoms with Crippen LogP contribution in [0.5, 0.6) is 0 Å². The molecule has 3 aliphatic heterocycles. The molecule has 3 fully saturated rings. The van der Waals surface area contributed by atoms with E-state index in [1.807, 2.05) is 0 Å². The first-order valence-electron chi connectivity index (χ1n) is 9.95. The van der Waals surface area contributed by atoms with Gasteiger partial charge in [-0.1, -0.05) is 41.1 Å². The lowest BCUT2D eigenvalue weighted by Crippen LogP contribution is -2.73. The van der Waals surface area contributed by atoms with Crippen molar-refractivity contribution in [1.82, 2.24) is 4.90 Å². The maximum absolute atomic E-state index is 13.1. The van der Waals surface area contributed by atoms with Gasteiger partial charge >= 0.3 is 5.97 Å². The third-order valence-electron chi connectivity index (χ3n) is 7.90. The third kappa shape index (κ3) is 2.01. The molecule has 1 saturated carbocycles. The average Bonchev–Trinajstić information content (AvgIpc) is 3.19. The lowest BCUT2D eigenvalue weighted by molar-refractivity contribution is -0.150. The molecule has 1 aromatic carbocycles. The first-order chi connectivity index (χ1) is 12.9. The number of nitrogens with zero attached hydrogens (tertiary/aromatic N) is 1. The molecule has 2 saturated heterocycles. The Balaban J connectivity index is 1.81. The fourth-order valence-corrected chi connectivity index (χ4v) is 8.75. The molecule has 4 nitrogen and oxygen atoms in total. The standard InChI is InChI=1S/C21H26BrClN2O2/c1-3-19-9-6-10-25-11-15(22)21(17(19)25)13-7-4-5-8-14(13)24-16(21)20(23,12-19)18(26)27-2/h4-5,7-8,15-17,24H,3,6,9-12H2,1-2H3/t15-,16+,17+,19+,20-,21+/m1/s1. The molecule has 27 heavy (non-hydrogen) atoms. The number of alkyl halides is 2. The van der Waals surface area contributed by atoms with Crippen molar-refractivity contribution >= 4 is 39.2 Å². The van der Waals surface area contributed by atoms with Gasteiger partial charge in [0.1, 0.15) is 0 Å². The minimum absolute atomic E-state index is 0.0202. The molecule has 6 heteroatoms. The first kappa shape index (κ1) is 18.3. The van der Waals surface area contributed by atoms with Crippen LogP contribution in [0.3, 0.4) is 0 Å². The average molecular weight is 454 g/mol. The SMILES string of the molecule is CC[C@]12CCCN3C[C@@H](Br)[C@]4(c5ccccc5N[C@H]4[C@@](Cl)(C(=O)OC)C1)[C@@H]32. The lowest BCUT2D eigenvalue weighted by atomic mass is 9.49. The molecule has 6 atom stereocenters. The van der Waals surface area contributed by atoms with Gasteiger partial charge in [0, 0.05) is 28.5 Å². The number of para-hydroxylation sites is 1. The van der Waals surface area contributed by atoms with Crippen LogP contribution in [0, 0.1) is 5.41 Å². The zero-order chi connectivity index (χ0) is 19.0. The van der Waals surface area contributed by atoms with Crippen LogP contribution in [-0.2, 0) is 14.9 Å². The van der Waals surface area contributed by atoms with Crippen molar-refractivity contribution in [3.63, 3.8) is 0 Å². The van der Waals surface area contributed by atoms with Gasteiger partial charge in [-0.3, -0.25) is 9.69 Å². The number of methoxy groups -OCH3 is 1. The number of halogens is 2. The van der Waals surface area contributed by atoms with Gasteiger partial charge in [0.15, 0.2) is 4.87 Å². The molecule has 1 aromatic rings. The van der Waals surface area contributed by atoms with Gasteiger partial charge in [0.2, 0.25) is 0 Å². The maximum atomic E-state index is 13.1. The van der Waals surface area contributed by atoms with Crippen LogP contribution in [0.15, 0.2) is 24.3 Å². The number of esters is 1. The van der Waals surface area contributed by atoms with Gasteiger partial charge < -0.3 is 10.1 Å². The van der Waals surface area contributed by atoms with E-state index in [-0.39, 0.29) is 27.7 Å². The normalized spacial score (nSPS) is 44.8. The second kappa shape index (κ2) is 5.87. The highest BCUT2D eigenvalue weighted by atomic mass is 79.9. The minimum atomic E-state index is -1.07. The Morgan fingerprint density at radius 1 is 1.44 bits per heavy atom. The second-order valence-corrected chi connectivity index (χ2v) is 10.6. The van der Waals surface area contributed by atoms with Gasteiger partial charge in [0.05, 0.1) is 13.2 Å². The summed E-state index contributed by atoms with van der Waals surface area (Å²) in [6.45, 7) is 4.38. The summed E-state index contributed by atoms with van der Waals surface area (Å²) < 4.78 is 5.27. The molecule has 4 aliphatic rings. The van der Waals surface area contributed by atoms with E-state index in [1.165, 1.54) is 12.7 Å². The number of anilines is 1. The van der Waals surface area contributed by atoms with E-state index in [1.54, 1.807) is 0 Å². The number of rotatable bonds is 2. The number of benzene rings is 1. The quantitative estimate of drug-likeness (QED) is 0.544. The molecule has 5 rings (SSSR count). The molecule has 3 heterocycles. The number of carbonyl (C=O) groups excluding carboxylic acids is 1. The number of nitrogens with one attached hydrogen (secondary N) is 1. The number of hydrogen-bond donors (Lipinski definition) is 1. The minimum Gasteiger partial charge on any atom is -0.468 e. The van der Waals surface area contributed by atoms with Gasteiger partial charge in [-0.25, -0.2) is 0 Å². The van der Waals surface area contributed by atoms with E-state index in [0.29, 0.717) is 12.5 Å². The van der Waals surface area contributed by atoms with Crippen molar-refractivity contribution < 1.29 is 9.53 Å². The van der Waals surface area contributed by atoms with Crippen LogP contribution in [0.1, 0.15) is 38.2 Å². The summed E-state index contributed by atoms with van der Waals surface area (Å²) in [4.78, 5) is 14.9. The summed E-state index contributed by atoms with van der Waals surface area (Å²) >= 11 is 11.3. The Morgan fingerprint density at radius 2 is 2.22 bits per heavy atom. The Hall–Kier alpha value is -0.780. The molecule has 146 valence electrons. The third-order valence-corrected chi connectivity index (χ3v) is 9.45. The highest BCUT2D eigenvalue weighted by Crippen LogP contribution is 2.68. The number of ether oxygens (including phenoxy) is 1. The van der Waals surface area contributed by atoms with E-state index in [9.17, 15) is 4.79 Å². The smallest absolute Gasteiger partial charge is 0.329 e. The molecule has 1 N–H and O–H groups in total. The van der Waals surface area contributed by atoms with Crippen LogP contribution < -0.4 is 5.32 Å². The predicted octanol–water partition coefficient (Wildman–Crippen LogP) is 3.91. The molecule has 0 aromatic heterocycles. The summed E-state index contributed by atoms with van der Waals surface area (Å²) in [5.41, 5.74) is 2.20. The van der Waals surface area contributed by atoms with E-state index in [2.05, 4.69) is 57.3 Å². The fraction of sp³-hybridized carbons (Fsp3) is 0.667. The molecular weight excluding hydrogens is 428 g/mol. The highest BCUT2D eigenvalue weighted by Gasteiger charge is 2.76. The summed E-state index contributed by atoms with van der Waals surface area (Å²) in [5.74, 6) is -0.302. The summed E-state index contributed by atoms with van der Waals surface area (Å²) in [6.07, 6.45) is 3.97. The molecule has 0 amide bonds. The van der Waals surface area contributed by atoms with Crippen molar-refractivity contribution in [1.29, 1.82) is 0 Å². The molecule has 1 aliphatic carbocycles. The first-order valence-corrected chi connectivity index (χ1v) is 11.2. The number of carbonyl (C=O) groups is 1. The van der Waals surface area contributed by atoms with Crippen LogP contribution in [0.2, 0.25) is 0 Å². The Labute approximate surface area is 174 Å². The predicted molar refractivity (Wildman–Crippen MR) is 111 cm³/mol. The van der Waals surface area contributed by atoms with Crippen LogP contribution in [-0.4, -0.2) is 52.9 Å². The maximum Gasteiger partial charge on any atom is 0.329 e. The van der Waals surface area contributed by atoms with Crippen molar-refractivity contribution in [2.24, 2.45) is 5.41 Å². The molecule has 0 bridgehead atoms. The summed E-state index contributed by atoms with van der Waals surface area (Å²) in [5, 5.41) is 3.68. The second-order valence-electron chi connectivity index (χ2n) is 8.77. The van der Waals surface area contributed by atoms with Gasteiger partial charge in [-0.2, -0.15) is 0 Å². The zero-order valence-electron chi connectivity index (χ0n) is 15.8. The topological polar surface area (TPSA) is 41.6 Å². The fourth-order valence-electron chi connectivity index (χ4n) is 7.04. The summed E-state index contributed by atoms with van der Waals surface area (Å²) in [7, 11) is 1.46. The van der Waals surface area contributed by atoms with Crippen LogP contribution in [0.4, 0.5) is 5.69 Å². The largest absolute Gasteiger partial charge is 0.468 e. The zero-order valence-corrected chi connectivity index (χ0v) is 18.1. The number of hydrogen-bond acceptors (Lipinski definition) is 4. The lowest BCUT2D eigenvalue weighted by Gasteiger charge is -2.62. The highest BCUT2D eigenvalue weighted by molar-refractivity contribution is 9.09. The summed E-state index contributed by atoms with van der Waals surface area (Å²) in [6, 6.07) is 8.71. The molecule has 0 unspecified atom stereocenters. The van der Waals surface area contributed by atoms with Crippen molar-refractivity contribution in [2.45, 2.75) is 59.8 Å². The molecular formula is C21H26BrClN2O2. The van der Waals surface area contributed by atoms with Gasteiger partial charge in [0.25, 0.3) is 0 Å². The van der Waals surface area contributed by atoms with Gasteiger partial charge in [-0.05, 0) is 49.3 Å². The number of piperidine rings is 1. The van der Waals surface area contributed by atoms with Crippen molar-refractivity contribution in [3.05, 3.63) is 29.8 Å². The van der Waals surface area contributed by atoms with Crippen LogP contribution >= 0.6 is 27.5 Å². The van der Waals surface area contributed by atoms with E-state index in [4.69, 9.17) is 16.3 Å². The number of fused-ring (bicyclic) bond motifs is 1. The molecule has 1 spiro atoms. The Kier molecular flexibility index (Phi) is 3.97.